The summed E-state index contributed by atoms with van der Waals surface area (Å²) >= 11 is 6.83. The molecular formula is C20H15ClF3N5O4S. The third kappa shape index (κ3) is 4.61. The summed E-state index contributed by atoms with van der Waals surface area (Å²) in [7, 11) is 0. The van der Waals surface area contributed by atoms with E-state index in [1.54, 1.807) is 0 Å². The molecule has 3 N–H and O–H groups in total. The second kappa shape index (κ2) is 9.87. The molecule has 2 aromatic heterocycles. The summed E-state index contributed by atoms with van der Waals surface area (Å²) in [6.45, 7) is -0.612. The Kier molecular flexibility index (Phi) is 7.08. The zero-order chi connectivity index (χ0) is 24.6. The molecule has 4 rings (SSSR count). The van der Waals surface area contributed by atoms with Crippen molar-refractivity contribution in [2.45, 2.75) is 34.7 Å². The van der Waals surface area contributed by atoms with Crippen LogP contribution < -0.4 is 0 Å². The molecule has 1 saturated heterocycles. The van der Waals surface area contributed by atoms with Crippen LogP contribution in [-0.2, 0) is 4.74 Å². The minimum Gasteiger partial charge on any atom is -0.394 e. The van der Waals surface area contributed by atoms with Crippen molar-refractivity contribution in [1.82, 2.24) is 20.0 Å². The first-order chi connectivity index (χ1) is 16.2. The average Bonchev–Trinajstić information content (AvgIpc) is 3.29. The summed E-state index contributed by atoms with van der Waals surface area (Å²) in [6.07, 6.45) is -1.60. The fourth-order valence-electron chi connectivity index (χ4n) is 3.46. The average molecular weight is 514 g/mol. The van der Waals surface area contributed by atoms with Gasteiger partial charge in [0.25, 0.3) is 0 Å². The van der Waals surface area contributed by atoms with E-state index in [0.29, 0.717) is 4.90 Å². The van der Waals surface area contributed by atoms with Gasteiger partial charge in [-0.25, -0.2) is 22.8 Å². The van der Waals surface area contributed by atoms with Gasteiger partial charge in [0, 0.05) is 16.7 Å². The topological polar surface area (TPSA) is 137 Å². The highest BCUT2D eigenvalue weighted by Gasteiger charge is 2.46. The number of halogens is 4. The van der Waals surface area contributed by atoms with E-state index in [9.17, 15) is 33.8 Å². The van der Waals surface area contributed by atoms with Crippen molar-refractivity contribution in [2.75, 3.05) is 6.61 Å². The Balaban J connectivity index is 1.66. The maximum atomic E-state index is 13.6. The number of aliphatic hydroxyl groups is 3. The normalized spacial score (nSPS) is 24.7. The molecule has 1 fully saturated rings. The molecule has 9 nitrogen and oxygen atoms in total. The van der Waals surface area contributed by atoms with Gasteiger partial charge in [-0.15, -0.1) is 5.10 Å². The summed E-state index contributed by atoms with van der Waals surface area (Å²) in [6, 6.07) is 3.61. The number of aliphatic hydroxyl groups excluding tert-OH is 3. The van der Waals surface area contributed by atoms with E-state index in [1.807, 2.05) is 6.07 Å². The molecule has 0 amide bonds. The lowest BCUT2D eigenvalue weighted by Gasteiger charge is -2.41. The standard InChI is InChI=1S/C20H15ClF3N5O4S/c21-15-3-14(9(4-25)5-26-15)34-20-19(32)17(18(31)13(7-30)33-20)29-6-12(27-28-29)8-1-10(22)16(24)11(23)2-8/h1-3,5-6,13,17-20,30-32H,7H2/t13?,17?,18-,19?,20+/m0/s1. The van der Waals surface area contributed by atoms with Crippen molar-refractivity contribution in [2.24, 2.45) is 0 Å². The molecule has 3 unspecified atom stereocenters. The number of benzene rings is 1. The lowest BCUT2D eigenvalue weighted by molar-refractivity contribution is -0.178. The van der Waals surface area contributed by atoms with E-state index in [2.05, 4.69) is 15.3 Å². The van der Waals surface area contributed by atoms with Crippen LogP contribution in [0.25, 0.3) is 11.3 Å². The number of nitriles is 1. The van der Waals surface area contributed by atoms with Crippen LogP contribution in [-0.4, -0.2) is 65.7 Å². The van der Waals surface area contributed by atoms with E-state index in [-0.39, 0.29) is 22.0 Å². The Morgan fingerprint density at radius 1 is 1.18 bits per heavy atom. The van der Waals surface area contributed by atoms with Gasteiger partial charge >= 0.3 is 0 Å². The van der Waals surface area contributed by atoms with Crippen LogP contribution in [0.5, 0.6) is 0 Å². The van der Waals surface area contributed by atoms with Crippen molar-refractivity contribution in [3.05, 3.63) is 58.8 Å². The number of nitrogens with zero attached hydrogens (tertiary/aromatic N) is 5. The number of thioether (sulfide) groups is 1. The monoisotopic (exact) mass is 513 g/mol. The van der Waals surface area contributed by atoms with Crippen LogP contribution in [0.1, 0.15) is 11.6 Å². The van der Waals surface area contributed by atoms with E-state index >= 15 is 0 Å². The molecule has 1 aliphatic rings. The molecular weight excluding hydrogens is 499 g/mol. The van der Waals surface area contributed by atoms with Crippen LogP contribution in [0.3, 0.4) is 0 Å². The largest absolute Gasteiger partial charge is 0.394 e. The lowest BCUT2D eigenvalue weighted by atomic mass is 9.97. The summed E-state index contributed by atoms with van der Waals surface area (Å²) in [4.78, 5) is 4.17. The first-order valence-corrected chi connectivity index (χ1v) is 10.9. The summed E-state index contributed by atoms with van der Waals surface area (Å²) < 4.78 is 47.2. The number of hydrogen-bond acceptors (Lipinski definition) is 9. The molecule has 0 bridgehead atoms. The maximum Gasteiger partial charge on any atom is 0.194 e. The van der Waals surface area contributed by atoms with Crippen LogP contribution in [0.4, 0.5) is 13.2 Å². The Bertz CT molecular complexity index is 1240. The molecule has 1 aliphatic heterocycles. The Labute approximate surface area is 199 Å². The fourth-order valence-corrected chi connectivity index (χ4v) is 4.83. The molecule has 0 spiro atoms. The highest BCUT2D eigenvalue weighted by Crippen LogP contribution is 2.39. The van der Waals surface area contributed by atoms with Crippen molar-refractivity contribution in [3.8, 4) is 17.3 Å². The molecule has 178 valence electrons. The Morgan fingerprint density at radius 2 is 1.88 bits per heavy atom. The van der Waals surface area contributed by atoms with Gasteiger partial charge in [0.05, 0.1) is 18.4 Å². The highest BCUT2D eigenvalue weighted by molar-refractivity contribution is 7.99. The predicted octanol–water partition coefficient (Wildman–Crippen LogP) is 2.05. The number of pyridine rings is 1. The van der Waals surface area contributed by atoms with Crippen molar-refractivity contribution < 1.29 is 33.2 Å². The first-order valence-electron chi connectivity index (χ1n) is 9.65. The van der Waals surface area contributed by atoms with E-state index in [4.69, 9.17) is 16.3 Å². The van der Waals surface area contributed by atoms with E-state index in [0.717, 1.165) is 28.6 Å². The molecule has 0 saturated carbocycles. The van der Waals surface area contributed by atoms with Gasteiger partial charge in [-0.3, -0.25) is 0 Å². The molecule has 34 heavy (non-hydrogen) atoms. The molecule has 3 heterocycles. The van der Waals surface area contributed by atoms with Gasteiger partial charge in [0.1, 0.15) is 46.7 Å². The number of hydrogen-bond donors (Lipinski definition) is 3. The quantitative estimate of drug-likeness (QED) is 0.346. The molecule has 14 heteroatoms. The smallest absolute Gasteiger partial charge is 0.194 e. The van der Waals surface area contributed by atoms with Crippen LogP contribution >= 0.6 is 23.4 Å². The molecule has 0 aliphatic carbocycles. The fraction of sp³-hybridized carbons (Fsp3) is 0.300. The minimum atomic E-state index is -1.63. The Morgan fingerprint density at radius 3 is 2.53 bits per heavy atom. The number of ether oxygens (including phenoxy) is 1. The first kappa shape index (κ1) is 24.4. The summed E-state index contributed by atoms with van der Waals surface area (Å²) in [5.41, 5.74) is -1.10. The van der Waals surface area contributed by atoms with Crippen LogP contribution in [0.15, 0.2) is 35.5 Å². The minimum absolute atomic E-state index is 0.0545. The van der Waals surface area contributed by atoms with Crippen LogP contribution in [0, 0.1) is 28.8 Å². The third-order valence-corrected chi connectivity index (χ3v) is 6.56. The zero-order valence-electron chi connectivity index (χ0n) is 16.9. The molecule has 3 aromatic rings. The molecule has 0 radical (unpaired) electrons. The second-order valence-electron chi connectivity index (χ2n) is 7.27. The second-order valence-corrected chi connectivity index (χ2v) is 8.80. The van der Waals surface area contributed by atoms with E-state index in [1.165, 1.54) is 18.5 Å². The summed E-state index contributed by atoms with van der Waals surface area (Å²) in [5, 5.41) is 48.4. The van der Waals surface area contributed by atoms with Crippen molar-refractivity contribution >= 4 is 23.4 Å². The van der Waals surface area contributed by atoms with Gasteiger partial charge in [0.15, 0.2) is 17.5 Å². The summed E-state index contributed by atoms with van der Waals surface area (Å²) in [5.74, 6) is -4.47. The maximum absolute atomic E-state index is 13.6. The van der Waals surface area contributed by atoms with Gasteiger partial charge in [0.2, 0.25) is 0 Å². The third-order valence-electron chi connectivity index (χ3n) is 5.14. The van der Waals surface area contributed by atoms with E-state index < -0.39 is 53.8 Å². The molecule has 5 atom stereocenters. The number of rotatable bonds is 5. The SMILES string of the molecule is N#Cc1cnc(Cl)cc1S[C@H]1OC(CO)[C@H](O)C(n2cc(-c3cc(F)c(F)c(F)c3)nn2)C1O. The van der Waals surface area contributed by atoms with Gasteiger partial charge in [-0.2, -0.15) is 5.26 Å². The predicted molar refractivity (Wildman–Crippen MR) is 112 cm³/mol. The van der Waals surface area contributed by atoms with Crippen molar-refractivity contribution in [1.29, 1.82) is 5.26 Å². The Hall–Kier alpha value is -2.73. The number of aromatic nitrogens is 4. The molecule has 1 aromatic carbocycles. The van der Waals surface area contributed by atoms with Crippen LogP contribution in [0.2, 0.25) is 5.15 Å². The van der Waals surface area contributed by atoms with Gasteiger partial charge < -0.3 is 20.1 Å². The lowest BCUT2D eigenvalue weighted by Crippen LogP contribution is -2.55. The van der Waals surface area contributed by atoms with Gasteiger partial charge in [-0.1, -0.05) is 28.6 Å². The highest BCUT2D eigenvalue weighted by atomic mass is 35.5. The van der Waals surface area contributed by atoms with Gasteiger partial charge in [-0.05, 0) is 18.2 Å². The zero-order valence-corrected chi connectivity index (χ0v) is 18.5. The van der Waals surface area contributed by atoms with Crippen molar-refractivity contribution in [3.63, 3.8) is 0 Å².